The van der Waals surface area contributed by atoms with Gasteiger partial charge in [0.25, 0.3) is 0 Å². The molecule has 0 aliphatic carbocycles. The van der Waals surface area contributed by atoms with Crippen molar-refractivity contribution in [1.82, 2.24) is 10.2 Å². The van der Waals surface area contributed by atoms with Crippen molar-refractivity contribution in [3.05, 3.63) is 123 Å². The van der Waals surface area contributed by atoms with Crippen LogP contribution in [0, 0.1) is 11.7 Å². The molecule has 268 valence electrons. The standard InChI is InChI=1S/C39H40Cl2FN3O6/c1-48-33-11-10-27(18-35(33)49-2)34(19-29-30(40)21-43-22-31(29)41)50-37(46)17-24-6-5-7-25(16-24)20-44-38(28-8-3-4-9-32(28)42)39(47)51-36-23-45-14-12-26(36)13-15-45/h3-11,16,18,21-22,26,34,36,38,44H,12-15,17,19-20,23H2,1-2H3/p+1/t34-,36-,38?/m0/s1. The molecule has 1 unspecified atom stereocenters. The van der Waals surface area contributed by atoms with Crippen LogP contribution >= 0.6 is 23.2 Å². The molecule has 3 fully saturated rings. The van der Waals surface area contributed by atoms with Crippen LogP contribution in [-0.2, 0) is 38.4 Å². The molecule has 0 amide bonds. The molecule has 3 aliphatic heterocycles. The summed E-state index contributed by atoms with van der Waals surface area (Å²) in [6.45, 7) is 2.97. The minimum Gasteiger partial charge on any atom is -0.493 e. The van der Waals surface area contributed by atoms with Gasteiger partial charge < -0.3 is 18.9 Å². The van der Waals surface area contributed by atoms with Crippen LogP contribution in [0.5, 0.6) is 11.5 Å². The summed E-state index contributed by atoms with van der Waals surface area (Å²) in [5.41, 5.74) is 3.01. The van der Waals surface area contributed by atoms with Gasteiger partial charge in [-0.25, -0.2) is 14.2 Å². The number of aromatic amines is 1. The van der Waals surface area contributed by atoms with Crippen LogP contribution in [0.4, 0.5) is 4.39 Å². The Morgan fingerprint density at radius 1 is 0.941 bits per heavy atom. The molecule has 12 heteroatoms. The summed E-state index contributed by atoms with van der Waals surface area (Å²) in [6, 6.07) is 17.9. The van der Waals surface area contributed by atoms with E-state index in [0.717, 1.165) is 31.5 Å². The molecule has 0 radical (unpaired) electrons. The van der Waals surface area contributed by atoms with Gasteiger partial charge in [-0.05, 0) is 66.7 Å². The summed E-state index contributed by atoms with van der Waals surface area (Å²) >= 11 is 13.0. The highest BCUT2D eigenvalue weighted by Gasteiger charge is 2.38. The predicted molar refractivity (Wildman–Crippen MR) is 190 cm³/mol. The lowest BCUT2D eigenvalue weighted by Gasteiger charge is -2.44. The highest BCUT2D eigenvalue weighted by atomic mass is 35.5. The van der Waals surface area contributed by atoms with E-state index in [0.29, 0.717) is 50.7 Å². The van der Waals surface area contributed by atoms with E-state index in [4.69, 9.17) is 42.1 Å². The third-order valence-electron chi connectivity index (χ3n) is 9.61. The fourth-order valence-electron chi connectivity index (χ4n) is 6.86. The number of fused-ring (bicyclic) bond motifs is 3. The van der Waals surface area contributed by atoms with Gasteiger partial charge in [-0.3, -0.25) is 15.0 Å². The van der Waals surface area contributed by atoms with E-state index in [2.05, 4.69) is 15.2 Å². The molecule has 3 saturated heterocycles. The zero-order valence-electron chi connectivity index (χ0n) is 28.5. The molecule has 51 heavy (non-hydrogen) atoms. The third-order valence-corrected chi connectivity index (χ3v) is 10.3. The fraction of sp³-hybridized carbons (Fsp3) is 0.359. The van der Waals surface area contributed by atoms with Gasteiger partial charge in [0.2, 0.25) is 0 Å². The lowest BCUT2D eigenvalue weighted by molar-refractivity contribution is -0.377. The zero-order chi connectivity index (χ0) is 35.9. The number of esters is 2. The Morgan fingerprint density at radius 3 is 2.35 bits per heavy atom. The number of nitrogens with zero attached hydrogens (tertiary/aromatic N) is 1. The van der Waals surface area contributed by atoms with Gasteiger partial charge in [-0.2, -0.15) is 0 Å². The number of halogens is 3. The first kappa shape index (κ1) is 36.6. The van der Waals surface area contributed by atoms with Gasteiger partial charge in [-0.15, -0.1) is 0 Å². The zero-order valence-corrected chi connectivity index (χ0v) is 30.0. The lowest BCUT2D eigenvalue weighted by Crippen LogP contribution is -2.52. The van der Waals surface area contributed by atoms with Crippen LogP contribution < -0.4 is 19.8 Å². The molecule has 4 heterocycles. The number of benzene rings is 3. The number of ether oxygens (including phenoxy) is 4. The second-order valence-electron chi connectivity index (χ2n) is 12.9. The van der Waals surface area contributed by atoms with Gasteiger partial charge in [-0.1, -0.05) is 71.7 Å². The molecule has 0 spiro atoms. The van der Waals surface area contributed by atoms with Crippen molar-refractivity contribution < 1.29 is 37.9 Å². The Bertz CT molecular complexity index is 1830. The van der Waals surface area contributed by atoms with Gasteiger partial charge in [0, 0.05) is 30.6 Å². The molecule has 2 bridgehead atoms. The lowest BCUT2D eigenvalue weighted by atomic mass is 9.86. The number of methoxy groups -OCH3 is 2. The van der Waals surface area contributed by atoms with Crippen molar-refractivity contribution in [2.45, 2.75) is 50.5 Å². The van der Waals surface area contributed by atoms with Crippen molar-refractivity contribution in [3.63, 3.8) is 0 Å². The van der Waals surface area contributed by atoms with E-state index >= 15 is 4.39 Å². The molecule has 9 nitrogen and oxygen atoms in total. The Labute approximate surface area is 307 Å². The molecular formula is C39H41Cl2FN3O6+. The van der Waals surface area contributed by atoms with Crippen LogP contribution in [0.3, 0.4) is 0 Å². The van der Waals surface area contributed by atoms with Crippen molar-refractivity contribution in [1.29, 1.82) is 0 Å². The largest absolute Gasteiger partial charge is 0.493 e. The van der Waals surface area contributed by atoms with Crippen LogP contribution in [0.25, 0.3) is 0 Å². The van der Waals surface area contributed by atoms with E-state index in [9.17, 15) is 9.59 Å². The number of hydrogen-bond donors (Lipinski definition) is 1. The average molecular weight is 738 g/mol. The summed E-state index contributed by atoms with van der Waals surface area (Å²) in [4.78, 5) is 32.3. The van der Waals surface area contributed by atoms with Crippen LogP contribution in [-0.4, -0.2) is 56.8 Å². The van der Waals surface area contributed by atoms with Gasteiger partial charge in [0.15, 0.2) is 23.9 Å². The number of carbonyl (C=O) groups excluding carboxylic acids is 2. The quantitative estimate of drug-likeness (QED) is 0.147. The van der Waals surface area contributed by atoms with Gasteiger partial charge in [0.05, 0.1) is 20.6 Å². The maximum atomic E-state index is 15.0. The van der Waals surface area contributed by atoms with E-state index < -0.39 is 29.9 Å². The van der Waals surface area contributed by atoms with E-state index in [-0.39, 0.29) is 31.1 Å². The number of piperidine rings is 3. The minimum atomic E-state index is -1.01. The average Bonchev–Trinajstić information content (AvgIpc) is 3.14. The second kappa shape index (κ2) is 16.9. The summed E-state index contributed by atoms with van der Waals surface area (Å²) in [6.07, 6.45) is 4.45. The molecule has 3 aliphatic rings. The smallest absolute Gasteiger partial charge is 0.328 e. The number of rotatable bonds is 14. The number of aromatic nitrogens is 1. The maximum absolute atomic E-state index is 15.0. The summed E-state index contributed by atoms with van der Waals surface area (Å²) in [5, 5.41) is 4.04. The molecule has 1 aromatic heterocycles. The minimum absolute atomic E-state index is 0.0278. The fourth-order valence-corrected chi connectivity index (χ4v) is 7.40. The van der Waals surface area contributed by atoms with E-state index in [1.54, 1.807) is 55.9 Å². The summed E-state index contributed by atoms with van der Waals surface area (Å²) in [5.74, 6) is -0.125. The normalized spacial score (nSPS) is 19.2. The predicted octanol–water partition coefficient (Wildman–Crippen LogP) is 6.50. The van der Waals surface area contributed by atoms with Crippen molar-refractivity contribution in [2.24, 2.45) is 5.92 Å². The Kier molecular flexibility index (Phi) is 12.1. The summed E-state index contributed by atoms with van der Waals surface area (Å²) in [7, 11) is 3.08. The van der Waals surface area contributed by atoms with E-state index in [1.165, 1.54) is 13.2 Å². The van der Waals surface area contributed by atoms with Crippen molar-refractivity contribution >= 4 is 35.1 Å². The summed E-state index contributed by atoms with van der Waals surface area (Å²) < 4.78 is 38.0. The van der Waals surface area contributed by atoms with Crippen LogP contribution in [0.2, 0.25) is 10.0 Å². The molecule has 3 atom stereocenters. The number of pyridine rings is 1. The highest BCUT2D eigenvalue weighted by Crippen LogP contribution is 2.35. The molecule has 4 aromatic rings. The van der Waals surface area contributed by atoms with Crippen LogP contribution in [0.1, 0.15) is 52.8 Å². The van der Waals surface area contributed by atoms with Crippen LogP contribution in [0.15, 0.2) is 79.1 Å². The van der Waals surface area contributed by atoms with Crippen molar-refractivity contribution in [3.8, 4) is 11.5 Å². The molecule has 7 rings (SSSR count). The monoisotopic (exact) mass is 736 g/mol. The third kappa shape index (κ3) is 8.99. The number of H-pyrrole nitrogens is 1. The topological polar surface area (TPSA) is 100 Å². The SMILES string of the molecule is COc1ccc([C@H](Cc2c(Cl)c[nH+]cc2Cl)OC(=O)Cc2cccc(CNC(C(=O)O[C@H]3CN4CCC3CC4)c3ccccc3F)c2)cc1OC. The second-order valence-corrected chi connectivity index (χ2v) is 13.7. The number of nitrogens with one attached hydrogen (secondary N) is 2. The van der Waals surface area contributed by atoms with Crippen molar-refractivity contribution in [2.75, 3.05) is 33.9 Å². The highest BCUT2D eigenvalue weighted by molar-refractivity contribution is 6.35. The molecule has 0 saturated carbocycles. The van der Waals surface area contributed by atoms with Gasteiger partial charge >= 0.3 is 11.9 Å². The number of hydrogen-bond acceptors (Lipinski definition) is 8. The first-order valence-corrected chi connectivity index (χ1v) is 17.7. The molecule has 2 N–H and O–H groups in total. The van der Waals surface area contributed by atoms with Gasteiger partial charge in [0.1, 0.15) is 34.1 Å². The molecular weight excluding hydrogens is 696 g/mol. The first-order chi connectivity index (χ1) is 24.7. The Hall–Kier alpha value is -4.22. The maximum Gasteiger partial charge on any atom is 0.328 e. The Morgan fingerprint density at radius 2 is 1.67 bits per heavy atom. The molecule has 3 aromatic carbocycles. The Balaban J connectivity index is 1.16. The number of carbonyl (C=O) groups is 2. The first-order valence-electron chi connectivity index (χ1n) is 17.0. The van der Waals surface area contributed by atoms with E-state index in [1.807, 2.05) is 24.3 Å².